The first-order chi connectivity index (χ1) is 19.5. The molecule has 40 heavy (non-hydrogen) atoms. The molecule has 0 unspecified atom stereocenters. The van der Waals surface area contributed by atoms with E-state index in [-0.39, 0.29) is 47.2 Å². The maximum absolute atomic E-state index is 15.3. The summed E-state index contributed by atoms with van der Waals surface area (Å²) in [6, 6.07) is 11.1. The number of fused-ring (bicyclic) bond motifs is 4. The van der Waals surface area contributed by atoms with E-state index in [2.05, 4.69) is 6.92 Å². The van der Waals surface area contributed by atoms with Gasteiger partial charge in [0.1, 0.15) is 18.9 Å². The molecule has 0 aliphatic carbocycles. The summed E-state index contributed by atoms with van der Waals surface area (Å²) in [4.78, 5) is 29.4. The fourth-order valence-electron chi connectivity index (χ4n) is 5.49. The van der Waals surface area contributed by atoms with Crippen LogP contribution in [0.1, 0.15) is 65.8 Å². The summed E-state index contributed by atoms with van der Waals surface area (Å²) in [6.45, 7) is 2.96. The SMILES string of the molecule is CCCCCCOc1c2n(ccc1=O)N([C@@H]1c3ccccc3SCc3c1ccc(F)c3F)C1=COCCN1C2=O. The van der Waals surface area contributed by atoms with Crippen LogP contribution in [-0.2, 0) is 10.5 Å². The van der Waals surface area contributed by atoms with Crippen molar-refractivity contribution in [3.63, 3.8) is 0 Å². The number of amides is 1. The number of unbranched alkanes of at least 4 members (excludes halogenated alkanes) is 3. The normalized spacial score (nSPS) is 17.6. The standard InChI is InChI=1S/C30H29F2N3O4S/c1-2-3-4-7-15-39-29-23(36)12-13-34-28(29)30(37)33-14-16-38-17-25(33)35(34)27-19-10-11-22(31)26(32)21(19)18-40-24-9-6-5-8-20(24)27/h5-6,8-13,17,27H,2-4,7,14-16,18H2,1H3/t27-/m0/s1. The second-order valence-electron chi connectivity index (χ2n) is 9.92. The van der Waals surface area contributed by atoms with E-state index in [1.807, 2.05) is 29.3 Å². The highest BCUT2D eigenvalue weighted by molar-refractivity contribution is 7.98. The molecule has 1 aromatic heterocycles. The van der Waals surface area contributed by atoms with Crippen LogP contribution in [0.15, 0.2) is 70.4 Å². The Hall–Kier alpha value is -3.79. The lowest BCUT2D eigenvalue weighted by atomic mass is 9.93. The van der Waals surface area contributed by atoms with Gasteiger partial charge < -0.3 is 9.47 Å². The van der Waals surface area contributed by atoms with Gasteiger partial charge in [0.2, 0.25) is 5.43 Å². The number of hydrogen-bond acceptors (Lipinski definition) is 6. The Kier molecular flexibility index (Phi) is 7.27. The third-order valence-corrected chi connectivity index (χ3v) is 8.56. The quantitative estimate of drug-likeness (QED) is 0.343. The molecule has 6 rings (SSSR count). The van der Waals surface area contributed by atoms with E-state index in [1.54, 1.807) is 15.6 Å². The Morgan fingerprint density at radius 1 is 1.05 bits per heavy atom. The topological polar surface area (TPSA) is 64.0 Å². The smallest absolute Gasteiger partial charge is 0.282 e. The molecule has 0 radical (unpaired) electrons. The minimum atomic E-state index is -0.914. The molecule has 0 bridgehead atoms. The van der Waals surface area contributed by atoms with Gasteiger partial charge in [-0.1, -0.05) is 50.5 Å². The first-order valence-corrected chi connectivity index (χ1v) is 14.5. The van der Waals surface area contributed by atoms with Crippen molar-refractivity contribution in [3.05, 3.63) is 105 Å². The molecule has 0 N–H and O–H groups in total. The number of aromatic nitrogens is 1. The van der Waals surface area contributed by atoms with E-state index in [1.165, 1.54) is 30.3 Å². The number of hydrogen-bond donors (Lipinski definition) is 0. The van der Waals surface area contributed by atoms with Crippen LogP contribution in [0.3, 0.4) is 0 Å². The summed E-state index contributed by atoms with van der Waals surface area (Å²) < 4.78 is 43.0. The molecule has 2 aromatic carbocycles. The largest absolute Gasteiger partial charge is 0.495 e. The van der Waals surface area contributed by atoms with Crippen LogP contribution >= 0.6 is 11.8 Å². The molecule has 3 aliphatic rings. The van der Waals surface area contributed by atoms with Crippen LogP contribution in [0, 0.1) is 11.6 Å². The first-order valence-electron chi connectivity index (χ1n) is 13.5. The van der Waals surface area contributed by atoms with Crippen molar-refractivity contribution in [2.24, 2.45) is 0 Å². The molecule has 0 saturated heterocycles. The number of carbonyl (C=O) groups is 1. The average molecular weight is 566 g/mol. The number of thioether (sulfide) groups is 1. The molecule has 3 aliphatic heterocycles. The Bertz CT molecular complexity index is 1560. The third kappa shape index (κ3) is 4.44. The maximum Gasteiger partial charge on any atom is 0.282 e. The molecule has 10 heteroatoms. The highest BCUT2D eigenvalue weighted by atomic mass is 32.2. The van der Waals surface area contributed by atoms with Crippen molar-refractivity contribution in [3.8, 4) is 5.75 Å². The predicted molar refractivity (Wildman–Crippen MR) is 148 cm³/mol. The molecule has 1 atom stereocenters. The van der Waals surface area contributed by atoms with Gasteiger partial charge in [0.25, 0.3) is 5.91 Å². The average Bonchev–Trinajstić information content (AvgIpc) is 3.13. The summed E-state index contributed by atoms with van der Waals surface area (Å²) >= 11 is 1.43. The van der Waals surface area contributed by atoms with Gasteiger partial charge in [-0.05, 0) is 29.7 Å². The predicted octanol–water partition coefficient (Wildman–Crippen LogP) is 5.70. The van der Waals surface area contributed by atoms with Gasteiger partial charge in [0.05, 0.1) is 13.2 Å². The van der Waals surface area contributed by atoms with Crippen LogP contribution in [-0.4, -0.2) is 35.2 Å². The van der Waals surface area contributed by atoms with Crippen molar-refractivity contribution < 1.29 is 23.0 Å². The molecule has 1 amide bonds. The summed E-state index contributed by atoms with van der Waals surface area (Å²) in [5.41, 5.74) is 1.37. The lowest BCUT2D eigenvalue weighted by Crippen LogP contribution is -2.55. The lowest BCUT2D eigenvalue weighted by molar-refractivity contribution is 0.0639. The summed E-state index contributed by atoms with van der Waals surface area (Å²) in [5, 5.41) is 1.82. The van der Waals surface area contributed by atoms with Crippen molar-refractivity contribution in [1.82, 2.24) is 9.58 Å². The monoisotopic (exact) mass is 565 g/mol. The fourth-order valence-corrected chi connectivity index (χ4v) is 6.60. The second kappa shape index (κ2) is 11.0. The number of ether oxygens (including phenoxy) is 2. The first kappa shape index (κ1) is 26.4. The summed E-state index contributed by atoms with van der Waals surface area (Å²) in [5.74, 6) is -1.53. The lowest BCUT2D eigenvalue weighted by Gasteiger charge is -2.46. The van der Waals surface area contributed by atoms with Crippen molar-refractivity contribution >= 4 is 17.7 Å². The Morgan fingerprint density at radius 2 is 1.90 bits per heavy atom. The van der Waals surface area contributed by atoms with Crippen LogP contribution in [0.25, 0.3) is 0 Å². The van der Waals surface area contributed by atoms with Gasteiger partial charge in [0.15, 0.2) is 28.9 Å². The van der Waals surface area contributed by atoms with Gasteiger partial charge in [-0.25, -0.2) is 13.5 Å². The van der Waals surface area contributed by atoms with Gasteiger partial charge in [-0.15, -0.1) is 11.8 Å². The summed E-state index contributed by atoms with van der Waals surface area (Å²) in [6.07, 6.45) is 6.88. The van der Waals surface area contributed by atoms with Gasteiger partial charge in [-0.3, -0.25) is 19.5 Å². The maximum atomic E-state index is 15.3. The Balaban J connectivity index is 1.57. The number of pyridine rings is 1. The molecule has 0 spiro atoms. The highest BCUT2D eigenvalue weighted by Crippen LogP contribution is 2.45. The van der Waals surface area contributed by atoms with E-state index < -0.39 is 17.7 Å². The van der Waals surface area contributed by atoms with Gasteiger partial charge in [-0.2, -0.15) is 0 Å². The van der Waals surface area contributed by atoms with E-state index in [0.29, 0.717) is 18.0 Å². The third-order valence-electron chi connectivity index (χ3n) is 7.45. The van der Waals surface area contributed by atoms with Crippen LogP contribution in [0.5, 0.6) is 5.75 Å². The number of benzene rings is 2. The van der Waals surface area contributed by atoms with Crippen LogP contribution in [0.2, 0.25) is 0 Å². The van der Waals surface area contributed by atoms with Crippen LogP contribution in [0.4, 0.5) is 8.78 Å². The fraction of sp³-hybridized carbons (Fsp3) is 0.333. The molecule has 4 heterocycles. The zero-order valence-electron chi connectivity index (χ0n) is 22.1. The summed E-state index contributed by atoms with van der Waals surface area (Å²) in [7, 11) is 0. The zero-order valence-corrected chi connectivity index (χ0v) is 22.9. The van der Waals surface area contributed by atoms with E-state index >= 15 is 4.39 Å². The molecule has 3 aromatic rings. The van der Waals surface area contributed by atoms with Gasteiger partial charge >= 0.3 is 0 Å². The molecular weight excluding hydrogens is 536 g/mol. The number of halogens is 2. The number of nitrogens with zero attached hydrogens (tertiary/aromatic N) is 3. The minimum Gasteiger partial charge on any atom is -0.495 e. The number of carbonyl (C=O) groups excluding carboxylic acids is 1. The van der Waals surface area contributed by atoms with Gasteiger partial charge in [0, 0.05) is 28.5 Å². The molecule has 0 saturated carbocycles. The van der Waals surface area contributed by atoms with Crippen molar-refractivity contribution in [1.29, 1.82) is 0 Å². The van der Waals surface area contributed by atoms with E-state index in [4.69, 9.17) is 9.47 Å². The van der Waals surface area contributed by atoms with E-state index in [0.717, 1.165) is 42.2 Å². The molecule has 7 nitrogen and oxygen atoms in total. The van der Waals surface area contributed by atoms with E-state index in [9.17, 15) is 14.0 Å². The molecular formula is C30H29F2N3O4S. The highest BCUT2D eigenvalue weighted by Gasteiger charge is 2.43. The number of rotatable bonds is 7. The second-order valence-corrected chi connectivity index (χ2v) is 10.9. The Labute approximate surface area is 235 Å². The minimum absolute atomic E-state index is 0.0127. The molecule has 0 fully saturated rings. The van der Waals surface area contributed by atoms with Crippen molar-refractivity contribution in [2.45, 2.75) is 49.3 Å². The van der Waals surface area contributed by atoms with Crippen LogP contribution < -0.4 is 15.2 Å². The van der Waals surface area contributed by atoms with Crippen molar-refractivity contribution in [2.75, 3.05) is 24.8 Å². The zero-order chi connectivity index (χ0) is 27.8. The molecule has 208 valence electrons. The Morgan fingerprint density at radius 3 is 2.75 bits per heavy atom.